The second-order valence-corrected chi connectivity index (χ2v) is 4.11. The predicted octanol–water partition coefficient (Wildman–Crippen LogP) is 1.07. The molecule has 1 atom stereocenters. The summed E-state index contributed by atoms with van der Waals surface area (Å²) in [7, 11) is 0. The standard InChI is InChI=1S/C13H19N3O2.ClH/c1-3-10-5-4-6-11(7-10)16-12(17)8-15-13(18)9(2)14;/h4-7,9H,3,8,14H2,1-2H3,(H,15,18)(H,16,17);1H/t9-;/m0./s1. The number of hydrogen-bond donors (Lipinski definition) is 3. The zero-order valence-electron chi connectivity index (χ0n) is 11.1. The Morgan fingerprint density at radius 1 is 1.37 bits per heavy atom. The van der Waals surface area contributed by atoms with E-state index in [4.69, 9.17) is 5.73 Å². The average molecular weight is 286 g/mol. The van der Waals surface area contributed by atoms with Gasteiger partial charge in [-0.15, -0.1) is 12.4 Å². The molecule has 5 nitrogen and oxygen atoms in total. The summed E-state index contributed by atoms with van der Waals surface area (Å²) in [5.74, 6) is -0.607. The molecular weight excluding hydrogens is 266 g/mol. The van der Waals surface area contributed by atoms with Gasteiger partial charge in [0.2, 0.25) is 11.8 Å². The first-order valence-electron chi connectivity index (χ1n) is 5.95. The number of aryl methyl sites for hydroxylation is 1. The van der Waals surface area contributed by atoms with E-state index in [2.05, 4.69) is 10.6 Å². The van der Waals surface area contributed by atoms with Crippen molar-refractivity contribution in [3.8, 4) is 0 Å². The molecule has 1 aromatic carbocycles. The number of carbonyl (C=O) groups excluding carboxylic acids is 2. The van der Waals surface area contributed by atoms with Gasteiger partial charge in [-0.05, 0) is 31.0 Å². The Kier molecular flexibility index (Phi) is 7.79. The average Bonchev–Trinajstić information content (AvgIpc) is 2.36. The van der Waals surface area contributed by atoms with E-state index in [-0.39, 0.29) is 30.8 Å². The highest BCUT2D eigenvalue weighted by Crippen LogP contribution is 2.10. The zero-order valence-corrected chi connectivity index (χ0v) is 11.9. The first kappa shape index (κ1) is 17.4. The maximum Gasteiger partial charge on any atom is 0.243 e. The summed E-state index contributed by atoms with van der Waals surface area (Å²) in [6, 6.07) is 6.99. The van der Waals surface area contributed by atoms with Crippen molar-refractivity contribution in [2.24, 2.45) is 5.73 Å². The Balaban J connectivity index is 0.00000324. The number of nitrogens with two attached hydrogens (primary N) is 1. The molecule has 1 aromatic rings. The summed E-state index contributed by atoms with van der Waals surface area (Å²) in [5, 5.41) is 5.17. The van der Waals surface area contributed by atoms with Gasteiger partial charge in [-0.25, -0.2) is 0 Å². The van der Waals surface area contributed by atoms with Crippen LogP contribution in [0.25, 0.3) is 0 Å². The molecule has 6 heteroatoms. The number of benzene rings is 1. The molecule has 0 aliphatic heterocycles. The summed E-state index contributed by atoms with van der Waals surface area (Å²) in [5.41, 5.74) is 7.25. The van der Waals surface area contributed by atoms with Gasteiger partial charge in [0.1, 0.15) is 0 Å². The molecule has 4 N–H and O–H groups in total. The van der Waals surface area contributed by atoms with E-state index >= 15 is 0 Å². The first-order chi connectivity index (χ1) is 8.52. The van der Waals surface area contributed by atoms with E-state index in [0.717, 1.165) is 17.7 Å². The molecule has 19 heavy (non-hydrogen) atoms. The van der Waals surface area contributed by atoms with Crippen molar-refractivity contribution >= 4 is 29.9 Å². The lowest BCUT2D eigenvalue weighted by Crippen LogP contribution is -2.41. The molecule has 0 fully saturated rings. The third-order valence-electron chi connectivity index (χ3n) is 2.46. The van der Waals surface area contributed by atoms with Gasteiger partial charge in [0.15, 0.2) is 0 Å². The van der Waals surface area contributed by atoms with Gasteiger partial charge < -0.3 is 16.4 Å². The van der Waals surface area contributed by atoms with E-state index in [0.29, 0.717) is 0 Å². The Labute approximate surface area is 119 Å². The molecule has 0 aromatic heterocycles. The molecule has 0 saturated carbocycles. The fourth-order valence-corrected chi connectivity index (χ4v) is 1.40. The van der Waals surface area contributed by atoms with Crippen LogP contribution in [0.1, 0.15) is 19.4 Å². The topological polar surface area (TPSA) is 84.2 Å². The first-order valence-corrected chi connectivity index (χ1v) is 5.95. The van der Waals surface area contributed by atoms with Gasteiger partial charge in [0.05, 0.1) is 12.6 Å². The molecule has 0 heterocycles. The van der Waals surface area contributed by atoms with E-state index in [1.54, 1.807) is 6.92 Å². The molecule has 0 aliphatic carbocycles. The van der Waals surface area contributed by atoms with E-state index in [1.807, 2.05) is 31.2 Å². The minimum atomic E-state index is -0.610. The number of hydrogen-bond acceptors (Lipinski definition) is 3. The third kappa shape index (κ3) is 6.22. The maximum atomic E-state index is 11.6. The lowest BCUT2D eigenvalue weighted by Gasteiger charge is -2.09. The minimum absolute atomic E-state index is 0. The lowest BCUT2D eigenvalue weighted by atomic mass is 10.1. The SMILES string of the molecule is CCc1cccc(NC(=O)CNC(=O)[C@H](C)N)c1.Cl. The van der Waals surface area contributed by atoms with Crippen LogP contribution in [0.4, 0.5) is 5.69 Å². The molecule has 0 spiro atoms. The molecular formula is C13H20ClN3O2. The van der Waals surface area contributed by atoms with Gasteiger partial charge in [-0.3, -0.25) is 9.59 Å². The molecule has 1 rings (SSSR count). The predicted molar refractivity (Wildman–Crippen MR) is 78.4 cm³/mol. The van der Waals surface area contributed by atoms with Crippen LogP contribution in [0.3, 0.4) is 0 Å². The number of halogens is 1. The number of rotatable bonds is 5. The van der Waals surface area contributed by atoms with Crippen molar-refractivity contribution in [3.05, 3.63) is 29.8 Å². The fraction of sp³-hybridized carbons (Fsp3) is 0.385. The minimum Gasteiger partial charge on any atom is -0.346 e. The van der Waals surface area contributed by atoms with Gasteiger partial charge in [-0.2, -0.15) is 0 Å². The smallest absolute Gasteiger partial charge is 0.243 e. The summed E-state index contributed by atoms with van der Waals surface area (Å²) < 4.78 is 0. The van der Waals surface area contributed by atoms with Crippen molar-refractivity contribution in [1.82, 2.24) is 5.32 Å². The Bertz CT molecular complexity index is 436. The van der Waals surface area contributed by atoms with E-state index < -0.39 is 6.04 Å². The molecule has 106 valence electrons. The maximum absolute atomic E-state index is 11.6. The molecule has 0 unspecified atom stereocenters. The normalized spacial score (nSPS) is 11.1. The monoisotopic (exact) mass is 285 g/mol. The largest absolute Gasteiger partial charge is 0.346 e. The molecule has 0 saturated heterocycles. The molecule has 0 bridgehead atoms. The van der Waals surface area contributed by atoms with Gasteiger partial charge >= 0.3 is 0 Å². The van der Waals surface area contributed by atoms with Gasteiger partial charge in [-0.1, -0.05) is 19.1 Å². The van der Waals surface area contributed by atoms with Crippen LogP contribution >= 0.6 is 12.4 Å². The zero-order chi connectivity index (χ0) is 13.5. The number of nitrogens with one attached hydrogen (secondary N) is 2. The van der Waals surface area contributed by atoms with Gasteiger partial charge in [0, 0.05) is 5.69 Å². The summed E-state index contributed by atoms with van der Waals surface area (Å²) in [6.07, 6.45) is 0.908. The number of anilines is 1. The quantitative estimate of drug-likeness (QED) is 0.757. The second-order valence-electron chi connectivity index (χ2n) is 4.11. The Hall–Kier alpha value is -1.59. The Morgan fingerprint density at radius 2 is 2.05 bits per heavy atom. The highest BCUT2D eigenvalue weighted by molar-refractivity contribution is 5.95. The highest BCUT2D eigenvalue weighted by Gasteiger charge is 2.09. The van der Waals surface area contributed by atoms with Crippen LogP contribution < -0.4 is 16.4 Å². The van der Waals surface area contributed by atoms with Crippen LogP contribution in [0, 0.1) is 0 Å². The molecule has 0 radical (unpaired) electrons. The summed E-state index contributed by atoms with van der Waals surface area (Å²) >= 11 is 0. The third-order valence-corrected chi connectivity index (χ3v) is 2.46. The van der Waals surface area contributed by atoms with Crippen LogP contribution in [0.15, 0.2) is 24.3 Å². The van der Waals surface area contributed by atoms with Crippen LogP contribution in [-0.2, 0) is 16.0 Å². The van der Waals surface area contributed by atoms with Crippen molar-refractivity contribution in [2.75, 3.05) is 11.9 Å². The summed E-state index contributed by atoms with van der Waals surface area (Å²) in [6.45, 7) is 3.54. The van der Waals surface area contributed by atoms with Crippen molar-refractivity contribution in [1.29, 1.82) is 0 Å². The molecule has 0 aliphatic rings. The molecule has 2 amide bonds. The van der Waals surface area contributed by atoms with Crippen molar-refractivity contribution < 1.29 is 9.59 Å². The van der Waals surface area contributed by atoms with Crippen LogP contribution in [-0.4, -0.2) is 24.4 Å². The van der Waals surface area contributed by atoms with E-state index in [9.17, 15) is 9.59 Å². The van der Waals surface area contributed by atoms with Crippen LogP contribution in [0.5, 0.6) is 0 Å². The number of amides is 2. The van der Waals surface area contributed by atoms with Crippen LogP contribution in [0.2, 0.25) is 0 Å². The number of carbonyl (C=O) groups is 2. The van der Waals surface area contributed by atoms with Crippen molar-refractivity contribution in [2.45, 2.75) is 26.3 Å². The van der Waals surface area contributed by atoms with Gasteiger partial charge in [0.25, 0.3) is 0 Å². The Morgan fingerprint density at radius 3 is 2.63 bits per heavy atom. The van der Waals surface area contributed by atoms with E-state index in [1.165, 1.54) is 0 Å². The lowest BCUT2D eigenvalue weighted by molar-refractivity contribution is -0.124. The van der Waals surface area contributed by atoms with Crippen molar-refractivity contribution in [3.63, 3.8) is 0 Å². The fourth-order valence-electron chi connectivity index (χ4n) is 1.40. The second kappa shape index (κ2) is 8.50. The summed E-state index contributed by atoms with van der Waals surface area (Å²) in [4.78, 5) is 22.8. The highest BCUT2D eigenvalue weighted by atomic mass is 35.5.